The van der Waals surface area contributed by atoms with Crippen molar-refractivity contribution < 1.29 is 42.2 Å². The molecule has 1 saturated carbocycles. The number of carbonyl (C=O) groups is 4. The molecule has 1 aliphatic rings. The van der Waals surface area contributed by atoms with Crippen LogP contribution in [0.1, 0.15) is 76.4 Å². The highest BCUT2D eigenvalue weighted by atomic mass is 32.2. The summed E-state index contributed by atoms with van der Waals surface area (Å²) in [6.07, 6.45) is 5.22. The number of hydrogen-bond donors (Lipinski definition) is 3. The fourth-order valence-corrected chi connectivity index (χ4v) is 7.02. The van der Waals surface area contributed by atoms with E-state index < -0.39 is 22.0 Å². The van der Waals surface area contributed by atoms with Crippen molar-refractivity contribution in [1.82, 2.24) is 25.3 Å². The molecule has 1 aromatic carbocycles. The Kier molecular flexibility index (Phi) is 12.2. The number of fused-ring (bicyclic) bond motifs is 1. The van der Waals surface area contributed by atoms with Gasteiger partial charge < -0.3 is 19.9 Å². The summed E-state index contributed by atoms with van der Waals surface area (Å²) in [5.41, 5.74) is 0.953. The van der Waals surface area contributed by atoms with Crippen LogP contribution in [-0.4, -0.2) is 70.3 Å². The van der Waals surface area contributed by atoms with Crippen LogP contribution in [0.4, 0.5) is 0 Å². The van der Waals surface area contributed by atoms with Crippen molar-refractivity contribution in [3.63, 3.8) is 0 Å². The molecule has 3 aromatic rings. The quantitative estimate of drug-likeness (QED) is 0.138. The molecule has 2 aromatic heterocycles. The van der Waals surface area contributed by atoms with Crippen LogP contribution in [0.15, 0.2) is 28.7 Å². The third-order valence-electron chi connectivity index (χ3n) is 7.72. The molecule has 17 heteroatoms. The van der Waals surface area contributed by atoms with Crippen LogP contribution in [0.3, 0.4) is 0 Å². The Morgan fingerprint density at radius 3 is 2.57 bits per heavy atom. The number of benzene rings is 1. The Labute approximate surface area is 269 Å². The lowest BCUT2D eigenvalue weighted by Crippen LogP contribution is -2.32. The summed E-state index contributed by atoms with van der Waals surface area (Å²) in [5, 5.41) is 25.1. The molecule has 15 nitrogen and oxygen atoms in total. The number of rotatable bonds is 17. The van der Waals surface area contributed by atoms with Gasteiger partial charge in [0.05, 0.1) is 35.4 Å². The monoisotopic (exact) mass is 678 g/mol. The van der Waals surface area contributed by atoms with Gasteiger partial charge in [-0.15, -0.1) is 16.4 Å². The number of unbranched alkanes of at least 4 members (excludes halogenated alkanes) is 1. The van der Waals surface area contributed by atoms with E-state index in [4.69, 9.17) is 19.7 Å². The Morgan fingerprint density at radius 1 is 1.13 bits per heavy atom. The number of nitrogens with one attached hydrogen (secondary N) is 1. The molecule has 1 aliphatic carbocycles. The number of carboxylic acids is 1. The van der Waals surface area contributed by atoms with Gasteiger partial charge in [-0.1, -0.05) is 5.21 Å². The fraction of sp³-hybridized carbons (Fsp3) is 0.552. The lowest BCUT2D eigenvalue weighted by Gasteiger charge is -2.29. The summed E-state index contributed by atoms with van der Waals surface area (Å²) in [6, 6.07) is 4.33. The third kappa shape index (κ3) is 9.77. The van der Waals surface area contributed by atoms with Gasteiger partial charge in [0.25, 0.3) is 10.0 Å². The number of nitrogens with two attached hydrogens (primary N) is 1. The highest BCUT2D eigenvalue weighted by molar-refractivity contribution is 7.91. The van der Waals surface area contributed by atoms with E-state index in [1.54, 1.807) is 31.3 Å². The zero-order valence-corrected chi connectivity index (χ0v) is 27.1. The van der Waals surface area contributed by atoms with E-state index in [0.29, 0.717) is 79.8 Å². The van der Waals surface area contributed by atoms with E-state index in [-0.39, 0.29) is 53.3 Å². The van der Waals surface area contributed by atoms with Crippen LogP contribution < -0.4 is 15.2 Å². The second kappa shape index (κ2) is 16.0. The number of esters is 1. The summed E-state index contributed by atoms with van der Waals surface area (Å²) in [7, 11) is -3.92. The van der Waals surface area contributed by atoms with Crippen LogP contribution >= 0.6 is 11.3 Å². The molecule has 2 heterocycles. The Balaban J connectivity index is 1.39. The molecule has 0 unspecified atom stereocenters. The van der Waals surface area contributed by atoms with Gasteiger partial charge in [-0.3, -0.25) is 19.2 Å². The molecule has 1 atom stereocenters. The molecule has 4 rings (SSSR count). The van der Waals surface area contributed by atoms with E-state index in [1.807, 2.05) is 0 Å². The van der Waals surface area contributed by atoms with Gasteiger partial charge in [0, 0.05) is 18.9 Å². The minimum Gasteiger partial charge on any atom is -0.487 e. The number of carbonyl (C=O) groups excluding carboxylic acids is 3. The first kappa shape index (κ1) is 34.9. The summed E-state index contributed by atoms with van der Waals surface area (Å²) < 4.78 is 36.2. The molecule has 250 valence electrons. The Hall–Kier alpha value is -3.96. The number of aromatic nitrogens is 4. The molecular formula is C29H38N6O9S2. The largest absolute Gasteiger partial charge is 0.487 e. The lowest BCUT2D eigenvalue weighted by atomic mass is 9.78. The molecule has 1 amide bonds. The predicted molar refractivity (Wildman–Crippen MR) is 165 cm³/mol. The third-order valence-corrected chi connectivity index (χ3v) is 10.1. The summed E-state index contributed by atoms with van der Waals surface area (Å²) in [6.45, 7) is 2.48. The van der Waals surface area contributed by atoms with Crippen LogP contribution in [-0.2, 0) is 40.5 Å². The number of nitrogens with zero attached hydrogens (tertiary/aromatic N) is 4. The van der Waals surface area contributed by atoms with Crippen LogP contribution in [0.2, 0.25) is 0 Å². The number of primary sulfonamides is 1. The number of hydrogen-bond acceptors (Lipinski definition) is 12. The van der Waals surface area contributed by atoms with E-state index in [0.717, 1.165) is 11.3 Å². The number of thiazole rings is 1. The van der Waals surface area contributed by atoms with Gasteiger partial charge in [-0.2, -0.15) is 0 Å². The van der Waals surface area contributed by atoms with Gasteiger partial charge >= 0.3 is 11.9 Å². The first-order chi connectivity index (χ1) is 21.9. The lowest BCUT2D eigenvalue weighted by molar-refractivity contribution is -0.150. The van der Waals surface area contributed by atoms with E-state index >= 15 is 0 Å². The van der Waals surface area contributed by atoms with Crippen molar-refractivity contribution in [2.75, 3.05) is 13.2 Å². The number of ether oxygens (including phenoxy) is 2. The maximum atomic E-state index is 13.8. The predicted octanol–water partition coefficient (Wildman–Crippen LogP) is 2.75. The smallest absolute Gasteiger partial charge is 0.308 e. The molecule has 0 saturated heterocycles. The van der Waals surface area contributed by atoms with Crippen LogP contribution in [0.25, 0.3) is 10.2 Å². The SMILES string of the molecule is CCOC(=O)C1CCC(C(=O)[C@H](CCCCNC(=O)CCC(=O)O)n2cc(COc3ccc4nc(S(N)(=O)=O)sc4c3)nn2)CC1. The zero-order chi connectivity index (χ0) is 33.3. The topological polar surface area (TPSA) is 223 Å². The summed E-state index contributed by atoms with van der Waals surface area (Å²) in [5.74, 6) is -1.59. The van der Waals surface area contributed by atoms with Gasteiger partial charge in [-0.25, -0.2) is 23.2 Å². The molecule has 46 heavy (non-hydrogen) atoms. The maximum absolute atomic E-state index is 13.8. The summed E-state index contributed by atoms with van der Waals surface area (Å²) >= 11 is 0.939. The average molecular weight is 679 g/mol. The summed E-state index contributed by atoms with van der Waals surface area (Å²) in [4.78, 5) is 52.5. The molecular weight excluding hydrogens is 640 g/mol. The number of Topliss-reactive ketones (excluding diaryl/α,β-unsaturated/α-hetero) is 1. The van der Waals surface area contributed by atoms with E-state index in [9.17, 15) is 27.6 Å². The van der Waals surface area contributed by atoms with Gasteiger partial charge in [0.15, 0.2) is 5.78 Å². The molecule has 0 aliphatic heterocycles. The van der Waals surface area contributed by atoms with Crippen molar-refractivity contribution >= 4 is 55.2 Å². The number of amides is 1. The number of sulfonamides is 1. The highest BCUT2D eigenvalue weighted by Gasteiger charge is 2.34. The van der Waals surface area contributed by atoms with E-state index in [1.165, 1.54) is 4.68 Å². The average Bonchev–Trinajstić information content (AvgIpc) is 3.68. The second-order valence-corrected chi connectivity index (χ2v) is 13.9. The van der Waals surface area contributed by atoms with Crippen molar-refractivity contribution in [3.05, 3.63) is 30.1 Å². The second-order valence-electron chi connectivity index (χ2n) is 11.1. The van der Waals surface area contributed by atoms with Gasteiger partial charge in [0.1, 0.15) is 24.1 Å². The number of aliphatic carboxylic acids is 1. The Bertz CT molecular complexity index is 1650. The first-order valence-corrected chi connectivity index (χ1v) is 17.5. The van der Waals surface area contributed by atoms with Crippen LogP contribution in [0.5, 0.6) is 5.75 Å². The van der Waals surface area contributed by atoms with E-state index in [2.05, 4.69) is 20.6 Å². The van der Waals surface area contributed by atoms with Crippen molar-refractivity contribution in [2.24, 2.45) is 17.0 Å². The zero-order valence-electron chi connectivity index (χ0n) is 25.4. The highest BCUT2D eigenvalue weighted by Crippen LogP contribution is 2.34. The molecule has 0 bridgehead atoms. The minimum absolute atomic E-state index is 0.00600. The fourth-order valence-electron chi connectivity index (χ4n) is 5.33. The minimum atomic E-state index is -3.92. The Morgan fingerprint density at radius 2 is 1.87 bits per heavy atom. The van der Waals surface area contributed by atoms with Gasteiger partial charge in [-0.05, 0) is 70.1 Å². The number of ketones is 1. The van der Waals surface area contributed by atoms with Crippen molar-refractivity contribution in [3.8, 4) is 5.75 Å². The normalized spacial score (nSPS) is 17.3. The number of carboxylic acid groups (broad SMARTS) is 1. The van der Waals surface area contributed by atoms with Crippen molar-refractivity contribution in [2.45, 2.75) is 81.7 Å². The maximum Gasteiger partial charge on any atom is 0.308 e. The molecule has 1 fully saturated rings. The molecule has 0 spiro atoms. The van der Waals surface area contributed by atoms with Crippen molar-refractivity contribution in [1.29, 1.82) is 0 Å². The molecule has 4 N–H and O–H groups in total. The van der Waals surface area contributed by atoms with Crippen LogP contribution in [0, 0.1) is 11.8 Å². The standard InChI is InChI=1S/C29H38N6O9S2/c1-2-43-28(40)19-8-6-18(7-9-19)27(39)23(5-3-4-14-31-25(36)12-13-26(37)38)35-16-20(33-34-35)17-44-21-10-11-22-24(15-21)45-29(32-22)46(30,41)42/h10-11,15-16,18-19,23H,2-9,12-14,17H2,1H3,(H,31,36)(H,37,38)(H2,30,41,42)/t18?,19?,23-/m0/s1. The first-order valence-electron chi connectivity index (χ1n) is 15.1. The molecule has 0 radical (unpaired) electrons. The van der Waals surface area contributed by atoms with Gasteiger partial charge in [0.2, 0.25) is 10.2 Å².